The van der Waals surface area contributed by atoms with Crippen LogP contribution in [0, 0.1) is 0 Å². The second-order valence-corrected chi connectivity index (χ2v) is 5.44. The molecule has 1 aliphatic rings. The molecule has 0 aromatic carbocycles. The number of hydrogen-bond acceptors (Lipinski definition) is 4. The van der Waals surface area contributed by atoms with Crippen LogP contribution in [0.5, 0.6) is 0 Å². The lowest BCUT2D eigenvalue weighted by Gasteiger charge is -2.11. The second-order valence-electron chi connectivity index (χ2n) is 3.93. The fourth-order valence-corrected chi connectivity index (χ4v) is 2.57. The van der Waals surface area contributed by atoms with Crippen LogP contribution in [-0.4, -0.2) is 31.7 Å². The minimum absolute atomic E-state index is 0.0344. The van der Waals surface area contributed by atoms with E-state index in [9.17, 15) is 26.4 Å². The first-order valence-corrected chi connectivity index (χ1v) is 6.67. The fraction of sp³-hybridized carbons (Fsp3) is 0.500. The molecule has 1 aromatic heterocycles. The molecule has 2 rings (SSSR count). The molecule has 0 atom stereocenters. The lowest BCUT2D eigenvalue weighted by atomic mass is 10.3. The van der Waals surface area contributed by atoms with Crippen LogP contribution in [0.4, 0.5) is 13.2 Å². The van der Waals surface area contributed by atoms with Crippen molar-refractivity contribution in [3.05, 3.63) is 11.8 Å². The van der Waals surface area contributed by atoms with E-state index in [0.717, 1.165) is 10.7 Å². The largest absolute Gasteiger partial charge is 0.477 e. The molecule has 0 spiro atoms. The van der Waals surface area contributed by atoms with Crippen LogP contribution in [0.15, 0.2) is 11.1 Å². The van der Waals surface area contributed by atoms with Crippen molar-refractivity contribution < 1.29 is 31.1 Å². The van der Waals surface area contributed by atoms with Gasteiger partial charge in [-0.2, -0.15) is 13.2 Å². The second kappa shape index (κ2) is 4.28. The summed E-state index contributed by atoms with van der Waals surface area (Å²) < 4.78 is 61.2. The molecule has 2 heterocycles. The molecule has 0 bridgehead atoms. The van der Waals surface area contributed by atoms with Gasteiger partial charge in [-0.25, -0.2) is 13.6 Å². The van der Waals surface area contributed by atoms with Gasteiger partial charge in [0.15, 0.2) is 6.54 Å². The van der Waals surface area contributed by atoms with Crippen LogP contribution in [0.1, 0.15) is 10.5 Å². The number of carbonyl (C=O) groups excluding carboxylic acids is 1. The topological polar surface area (TPSA) is 98.1 Å². The Morgan fingerprint density at radius 3 is 2.63 bits per heavy atom. The van der Waals surface area contributed by atoms with Crippen molar-refractivity contribution in [3.63, 3.8) is 0 Å². The predicted molar refractivity (Wildman–Crippen MR) is 54.4 cm³/mol. The molecule has 0 amide bonds. The maximum Gasteiger partial charge on any atom is 0.477 e. The van der Waals surface area contributed by atoms with E-state index in [1.807, 2.05) is 0 Å². The van der Waals surface area contributed by atoms with Crippen LogP contribution in [0.25, 0.3) is 0 Å². The number of hydrogen-bond donors (Lipinski definition) is 2. The van der Waals surface area contributed by atoms with Gasteiger partial charge in [-0.1, -0.05) is 4.68 Å². The van der Waals surface area contributed by atoms with Gasteiger partial charge in [-0.3, -0.25) is 4.79 Å². The molecular weight excluding hydrogens is 289 g/mol. The minimum atomic E-state index is -5.19. The van der Waals surface area contributed by atoms with E-state index in [1.165, 1.54) is 0 Å². The number of aromatic nitrogens is 2. The summed E-state index contributed by atoms with van der Waals surface area (Å²) in [6, 6.07) is 0.963. The highest BCUT2D eigenvalue weighted by Crippen LogP contribution is 2.20. The van der Waals surface area contributed by atoms with Crippen LogP contribution in [-0.2, 0) is 23.1 Å². The van der Waals surface area contributed by atoms with Crippen molar-refractivity contribution in [1.29, 1.82) is 0 Å². The Balaban J connectivity index is 2.70. The summed E-state index contributed by atoms with van der Waals surface area (Å²) in [6.07, 6.45) is -5.19. The van der Waals surface area contributed by atoms with E-state index >= 15 is 0 Å². The lowest BCUT2D eigenvalue weighted by molar-refractivity contribution is -0.776. The molecule has 0 fully saturated rings. The highest BCUT2D eigenvalue weighted by molar-refractivity contribution is 7.89. The van der Waals surface area contributed by atoms with Crippen molar-refractivity contribution in [3.8, 4) is 0 Å². The fourth-order valence-electron chi connectivity index (χ4n) is 1.85. The summed E-state index contributed by atoms with van der Waals surface area (Å²) in [5, 5.41) is 6.83. The van der Waals surface area contributed by atoms with E-state index in [1.54, 1.807) is 0 Å². The summed E-state index contributed by atoms with van der Waals surface area (Å²) in [7, 11) is -4.44. The summed E-state index contributed by atoms with van der Waals surface area (Å²) in [5.74, 6) is -2.29. The number of halogens is 3. The Morgan fingerprint density at radius 2 is 2.11 bits per heavy atom. The first-order valence-electron chi connectivity index (χ1n) is 5.12. The molecule has 106 valence electrons. The summed E-state index contributed by atoms with van der Waals surface area (Å²) in [6.45, 7) is 0.504. The number of primary sulfonamides is 1. The van der Waals surface area contributed by atoms with Gasteiger partial charge in [0.1, 0.15) is 0 Å². The molecule has 19 heavy (non-hydrogen) atoms. The van der Waals surface area contributed by atoms with Crippen LogP contribution in [0.3, 0.4) is 0 Å². The van der Waals surface area contributed by atoms with Crippen LogP contribution < -0.4 is 15.1 Å². The number of rotatable bonds is 1. The zero-order valence-corrected chi connectivity index (χ0v) is 10.3. The molecule has 3 N–H and O–H groups in total. The van der Waals surface area contributed by atoms with Crippen molar-refractivity contribution in [2.45, 2.75) is 24.3 Å². The number of carbonyl (C=O) groups is 1. The van der Waals surface area contributed by atoms with Gasteiger partial charge >= 0.3 is 12.1 Å². The smallest absolute Gasteiger partial charge is 0.301 e. The van der Waals surface area contributed by atoms with Gasteiger partial charge in [-0.05, 0) is 0 Å². The highest BCUT2D eigenvalue weighted by Gasteiger charge is 2.48. The van der Waals surface area contributed by atoms with E-state index in [-0.39, 0.29) is 23.5 Å². The van der Waals surface area contributed by atoms with E-state index in [2.05, 4.69) is 5.32 Å². The van der Waals surface area contributed by atoms with E-state index in [4.69, 9.17) is 5.14 Å². The Labute approximate surface area is 105 Å². The molecule has 0 unspecified atom stereocenters. The molecule has 1 aliphatic heterocycles. The molecule has 0 saturated heterocycles. The molecule has 7 nitrogen and oxygen atoms in total. The Hall–Kier alpha value is -1.46. The molecule has 0 radical (unpaired) electrons. The van der Waals surface area contributed by atoms with Crippen molar-refractivity contribution in [2.24, 2.45) is 5.14 Å². The quantitative estimate of drug-likeness (QED) is 0.632. The summed E-state index contributed by atoms with van der Waals surface area (Å²) >= 11 is 0. The molecule has 1 aromatic rings. The summed E-state index contributed by atoms with van der Waals surface area (Å²) in [4.78, 5) is 11.3. The number of fused-ring (bicyclic) bond motifs is 1. The monoisotopic (exact) mass is 299 g/mol. The normalized spacial score (nSPS) is 16.2. The standard InChI is InChI=1S/C8H10F3N4O3S/c9-8(10,11)7(16)15-6(19(12,17)18)3-5-4-13-1-2-14(5)15/h3,13H,1-2,4H2,(H2,12,17,18)/q+1. The molecular formula is C8H10F3N4O3S+. The third kappa shape index (κ3) is 2.48. The van der Waals surface area contributed by atoms with Gasteiger partial charge in [0.05, 0.1) is 19.2 Å². The van der Waals surface area contributed by atoms with Crippen molar-refractivity contribution >= 4 is 15.9 Å². The Kier molecular flexibility index (Phi) is 3.15. The van der Waals surface area contributed by atoms with Crippen molar-refractivity contribution in [1.82, 2.24) is 10.00 Å². The van der Waals surface area contributed by atoms with Gasteiger partial charge in [0.2, 0.25) is 10.7 Å². The number of nitrogens with zero attached hydrogens (tertiary/aromatic N) is 2. The third-order valence-electron chi connectivity index (χ3n) is 2.60. The maximum absolute atomic E-state index is 12.5. The SMILES string of the molecule is NS(=O)(=O)c1cc2[n+](n1C(=O)C(F)(F)F)CCNC2. The van der Waals surface area contributed by atoms with E-state index < -0.39 is 27.1 Å². The minimum Gasteiger partial charge on any atom is -0.301 e. The molecule has 11 heteroatoms. The Morgan fingerprint density at radius 1 is 1.47 bits per heavy atom. The number of nitrogens with one attached hydrogen (secondary N) is 1. The van der Waals surface area contributed by atoms with E-state index in [0.29, 0.717) is 6.54 Å². The number of alkyl halides is 3. The number of nitrogens with two attached hydrogens (primary N) is 1. The third-order valence-corrected chi connectivity index (χ3v) is 3.48. The average Bonchev–Trinajstić information content (AvgIpc) is 2.65. The van der Waals surface area contributed by atoms with Gasteiger partial charge in [-0.15, -0.1) is 4.68 Å². The molecule has 0 saturated carbocycles. The Bertz CT molecular complexity index is 634. The predicted octanol–water partition coefficient (Wildman–Crippen LogP) is -1.27. The van der Waals surface area contributed by atoms with Gasteiger partial charge < -0.3 is 5.32 Å². The highest BCUT2D eigenvalue weighted by atomic mass is 32.2. The number of sulfonamides is 1. The van der Waals surface area contributed by atoms with Crippen LogP contribution >= 0.6 is 0 Å². The first-order chi connectivity index (χ1) is 8.62. The molecule has 0 aliphatic carbocycles. The van der Waals surface area contributed by atoms with Gasteiger partial charge in [0.25, 0.3) is 10.0 Å². The zero-order chi connectivity index (χ0) is 14.4. The van der Waals surface area contributed by atoms with Crippen molar-refractivity contribution in [2.75, 3.05) is 6.54 Å². The summed E-state index contributed by atoms with van der Waals surface area (Å²) in [5.41, 5.74) is 0.243. The average molecular weight is 299 g/mol. The lowest BCUT2D eigenvalue weighted by Crippen LogP contribution is -2.57. The maximum atomic E-state index is 12.5. The van der Waals surface area contributed by atoms with Crippen LogP contribution in [0.2, 0.25) is 0 Å². The first kappa shape index (κ1) is 14.0. The van der Waals surface area contributed by atoms with Gasteiger partial charge in [0, 0.05) is 0 Å². The zero-order valence-electron chi connectivity index (χ0n) is 9.44.